The van der Waals surface area contributed by atoms with Crippen LogP contribution in [0.4, 0.5) is 0 Å². The van der Waals surface area contributed by atoms with Gasteiger partial charge in [-0.1, -0.05) is 6.07 Å². The average Bonchev–Trinajstić information content (AvgIpc) is 2.95. The Labute approximate surface area is 131 Å². The van der Waals surface area contributed by atoms with E-state index in [9.17, 15) is 0 Å². The van der Waals surface area contributed by atoms with Crippen molar-refractivity contribution in [3.8, 4) is 17.2 Å². The molecular weight excluding hydrogens is 282 g/mol. The Morgan fingerprint density at radius 3 is 2.45 bits per heavy atom. The molecule has 6 heteroatoms. The lowest BCUT2D eigenvalue weighted by Crippen LogP contribution is -2.17. The lowest BCUT2D eigenvalue weighted by Gasteiger charge is -2.16. The van der Waals surface area contributed by atoms with Gasteiger partial charge in [-0.3, -0.25) is 4.68 Å². The predicted molar refractivity (Wildman–Crippen MR) is 84.7 cm³/mol. The summed E-state index contributed by atoms with van der Waals surface area (Å²) < 4.78 is 18.0. The molecule has 1 heterocycles. The maximum Gasteiger partial charge on any atom is 0.203 e. The Kier molecular flexibility index (Phi) is 5.66. The molecule has 0 saturated heterocycles. The highest BCUT2D eigenvalue weighted by atomic mass is 16.5. The van der Waals surface area contributed by atoms with E-state index in [-0.39, 0.29) is 0 Å². The molecule has 0 aliphatic carbocycles. The van der Waals surface area contributed by atoms with Crippen LogP contribution in [0, 0.1) is 0 Å². The zero-order valence-corrected chi connectivity index (χ0v) is 13.5. The summed E-state index contributed by atoms with van der Waals surface area (Å²) in [6.45, 7) is 1.56. The smallest absolute Gasteiger partial charge is 0.203 e. The van der Waals surface area contributed by atoms with Crippen LogP contribution in [0.25, 0.3) is 0 Å². The molecular formula is C16H23N3O3. The second-order valence-corrected chi connectivity index (χ2v) is 4.94. The molecule has 1 N–H and O–H groups in total. The summed E-state index contributed by atoms with van der Waals surface area (Å²) in [5.41, 5.74) is 2.25. The van der Waals surface area contributed by atoms with Gasteiger partial charge in [-0.15, -0.1) is 0 Å². The summed E-state index contributed by atoms with van der Waals surface area (Å²) in [4.78, 5) is 0. The Hall–Kier alpha value is -2.21. The molecule has 0 spiro atoms. The highest BCUT2D eigenvalue weighted by Crippen LogP contribution is 2.39. The highest BCUT2D eigenvalue weighted by molar-refractivity contribution is 5.55. The van der Waals surface area contributed by atoms with Gasteiger partial charge in [0.15, 0.2) is 11.5 Å². The van der Waals surface area contributed by atoms with Gasteiger partial charge in [0, 0.05) is 25.4 Å². The van der Waals surface area contributed by atoms with E-state index >= 15 is 0 Å². The standard InChI is InChI=1S/C16H23N3O3/c1-19-11-12(9-18-19)7-8-17-10-13-5-6-14(20-2)16(22-4)15(13)21-3/h5-6,9,11,17H,7-8,10H2,1-4H3. The monoisotopic (exact) mass is 305 g/mol. The van der Waals surface area contributed by atoms with E-state index in [0.717, 1.165) is 18.5 Å². The molecule has 0 aliphatic heterocycles. The van der Waals surface area contributed by atoms with Gasteiger partial charge in [-0.25, -0.2) is 0 Å². The van der Waals surface area contributed by atoms with E-state index in [4.69, 9.17) is 14.2 Å². The largest absolute Gasteiger partial charge is 0.493 e. The minimum Gasteiger partial charge on any atom is -0.493 e. The summed E-state index contributed by atoms with van der Waals surface area (Å²) >= 11 is 0. The number of benzene rings is 1. The first-order valence-corrected chi connectivity index (χ1v) is 7.15. The molecule has 1 aromatic heterocycles. The quantitative estimate of drug-likeness (QED) is 0.753. The Bertz CT molecular complexity index is 611. The van der Waals surface area contributed by atoms with Crippen LogP contribution in [0.2, 0.25) is 0 Å². The molecule has 1 aromatic carbocycles. The SMILES string of the molecule is COc1ccc(CNCCc2cnn(C)c2)c(OC)c1OC. The highest BCUT2D eigenvalue weighted by Gasteiger charge is 2.15. The molecule has 2 aromatic rings. The van der Waals surface area contributed by atoms with Crippen LogP contribution in [-0.2, 0) is 20.0 Å². The van der Waals surface area contributed by atoms with E-state index in [2.05, 4.69) is 10.4 Å². The maximum absolute atomic E-state index is 5.47. The third kappa shape index (κ3) is 3.71. The molecule has 0 unspecified atom stereocenters. The van der Waals surface area contributed by atoms with Crippen LogP contribution in [-0.4, -0.2) is 37.7 Å². The van der Waals surface area contributed by atoms with Crippen molar-refractivity contribution in [2.75, 3.05) is 27.9 Å². The lowest BCUT2D eigenvalue weighted by molar-refractivity contribution is 0.321. The summed E-state index contributed by atoms with van der Waals surface area (Å²) in [7, 11) is 6.78. The Morgan fingerprint density at radius 1 is 1.09 bits per heavy atom. The van der Waals surface area contributed by atoms with Crippen molar-refractivity contribution >= 4 is 0 Å². The van der Waals surface area contributed by atoms with Crippen molar-refractivity contribution in [3.63, 3.8) is 0 Å². The topological polar surface area (TPSA) is 57.5 Å². The molecule has 0 bridgehead atoms. The molecule has 0 atom stereocenters. The number of hydrogen-bond acceptors (Lipinski definition) is 5. The van der Waals surface area contributed by atoms with Crippen LogP contribution in [0.5, 0.6) is 17.2 Å². The number of methoxy groups -OCH3 is 3. The predicted octanol–water partition coefficient (Wildman–Crippen LogP) is 1.78. The Morgan fingerprint density at radius 2 is 1.86 bits per heavy atom. The molecule has 0 saturated carbocycles. The van der Waals surface area contributed by atoms with Crippen molar-refractivity contribution in [1.29, 1.82) is 0 Å². The van der Waals surface area contributed by atoms with Crippen molar-refractivity contribution in [1.82, 2.24) is 15.1 Å². The number of rotatable bonds is 8. The second-order valence-electron chi connectivity index (χ2n) is 4.94. The van der Waals surface area contributed by atoms with E-state index in [0.29, 0.717) is 23.8 Å². The normalized spacial score (nSPS) is 10.5. The van der Waals surface area contributed by atoms with Gasteiger partial charge >= 0.3 is 0 Å². The van der Waals surface area contributed by atoms with E-state index < -0.39 is 0 Å². The first-order chi connectivity index (χ1) is 10.7. The maximum atomic E-state index is 5.47. The molecule has 120 valence electrons. The average molecular weight is 305 g/mol. The number of nitrogens with one attached hydrogen (secondary N) is 1. The number of aryl methyl sites for hydroxylation is 1. The third-order valence-corrected chi connectivity index (χ3v) is 3.45. The van der Waals surface area contributed by atoms with Gasteiger partial charge in [0.05, 0.1) is 27.5 Å². The van der Waals surface area contributed by atoms with Crippen LogP contribution >= 0.6 is 0 Å². The summed E-state index contributed by atoms with van der Waals surface area (Å²) in [6.07, 6.45) is 4.85. The van der Waals surface area contributed by atoms with E-state index in [1.807, 2.05) is 36.3 Å². The fourth-order valence-corrected chi connectivity index (χ4v) is 2.36. The van der Waals surface area contributed by atoms with Crippen molar-refractivity contribution in [3.05, 3.63) is 35.7 Å². The van der Waals surface area contributed by atoms with E-state index in [1.54, 1.807) is 21.3 Å². The summed E-state index contributed by atoms with van der Waals surface area (Å²) in [5.74, 6) is 1.99. The van der Waals surface area contributed by atoms with Crippen LogP contribution in [0.3, 0.4) is 0 Å². The minimum atomic E-state index is 0.622. The number of nitrogens with zero attached hydrogens (tertiary/aromatic N) is 2. The van der Waals surface area contributed by atoms with Crippen molar-refractivity contribution in [2.24, 2.45) is 7.05 Å². The molecule has 0 radical (unpaired) electrons. The number of aromatic nitrogens is 2. The van der Waals surface area contributed by atoms with Gasteiger partial charge in [0.1, 0.15) is 0 Å². The Balaban J connectivity index is 1.97. The molecule has 0 fully saturated rings. The first kappa shape index (κ1) is 16.2. The molecule has 22 heavy (non-hydrogen) atoms. The zero-order valence-electron chi connectivity index (χ0n) is 13.5. The van der Waals surface area contributed by atoms with Gasteiger partial charge in [0.2, 0.25) is 5.75 Å². The van der Waals surface area contributed by atoms with Crippen molar-refractivity contribution < 1.29 is 14.2 Å². The van der Waals surface area contributed by atoms with Gasteiger partial charge in [-0.2, -0.15) is 5.10 Å². The van der Waals surface area contributed by atoms with Crippen LogP contribution in [0.15, 0.2) is 24.5 Å². The molecule has 6 nitrogen and oxygen atoms in total. The zero-order chi connectivity index (χ0) is 15.9. The minimum absolute atomic E-state index is 0.622. The third-order valence-electron chi connectivity index (χ3n) is 3.45. The first-order valence-electron chi connectivity index (χ1n) is 7.15. The molecule has 2 rings (SSSR count). The fraction of sp³-hybridized carbons (Fsp3) is 0.438. The summed E-state index contributed by atoms with van der Waals surface area (Å²) in [5, 5.41) is 7.57. The number of hydrogen-bond donors (Lipinski definition) is 1. The van der Waals surface area contributed by atoms with Crippen LogP contribution in [0.1, 0.15) is 11.1 Å². The molecule has 0 amide bonds. The van der Waals surface area contributed by atoms with Gasteiger partial charge in [-0.05, 0) is 24.6 Å². The lowest BCUT2D eigenvalue weighted by atomic mass is 10.1. The van der Waals surface area contributed by atoms with Crippen molar-refractivity contribution in [2.45, 2.75) is 13.0 Å². The molecule has 0 aliphatic rings. The van der Waals surface area contributed by atoms with Crippen LogP contribution < -0.4 is 19.5 Å². The van der Waals surface area contributed by atoms with E-state index in [1.165, 1.54) is 5.56 Å². The van der Waals surface area contributed by atoms with Gasteiger partial charge < -0.3 is 19.5 Å². The number of ether oxygens (including phenoxy) is 3. The van der Waals surface area contributed by atoms with Gasteiger partial charge in [0.25, 0.3) is 0 Å². The summed E-state index contributed by atoms with van der Waals surface area (Å²) in [6, 6.07) is 3.87. The second kappa shape index (κ2) is 7.70. The fourth-order valence-electron chi connectivity index (χ4n) is 2.36.